The summed E-state index contributed by atoms with van der Waals surface area (Å²) >= 11 is 0. The fourth-order valence-corrected chi connectivity index (χ4v) is 3.35. The Balaban J connectivity index is 2.11. The summed E-state index contributed by atoms with van der Waals surface area (Å²) < 4.78 is 39.4. The van der Waals surface area contributed by atoms with Crippen LogP contribution in [0.15, 0.2) is 68.5 Å². The number of ether oxygens (including phenoxy) is 1. The third-order valence-electron chi connectivity index (χ3n) is 3.28. The number of hydrogen-bond donors (Lipinski definition) is 0. The molecule has 0 bridgehead atoms. The Morgan fingerprint density at radius 3 is 2.57 bits per heavy atom. The van der Waals surface area contributed by atoms with Gasteiger partial charge >= 0.3 is 0 Å². The van der Waals surface area contributed by atoms with Crippen LogP contribution in [0.5, 0.6) is 5.75 Å². The van der Waals surface area contributed by atoms with Crippen molar-refractivity contribution in [1.29, 1.82) is 0 Å². The molecule has 6 heteroatoms. The SMILES string of the molecule is CCOc1ccc(S(=O)(=O)N=Cc2ccco2)c2ccccc12. The minimum absolute atomic E-state index is 0.138. The average molecular weight is 329 g/mol. The molecule has 118 valence electrons. The van der Waals surface area contributed by atoms with Gasteiger partial charge in [-0.05, 0) is 31.2 Å². The van der Waals surface area contributed by atoms with Gasteiger partial charge in [0, 0.05) is 10.8 Å². The summed E-state index contributed by atoms with van der Waals surface area (Å²) in [6.07, 6.45) is 2.65. The zero-order valence-corrected chi connectivity index (χ0v) is 13.3. The predicted octanol–water partition coefficient (Wildman–Crippen LogP) is 3.64. The third kappa shape index (κ3) is 3.12. The van der Waals surface area contributed by atoms with E-state index in [1.54, 1.807) is 30.3 Å². The van der Waals surface area contributed by atoms with Crippen LogP contribution in [0.3, 0.4) is 0 Å². The molecule has 0 fully saturated rings. The summed E-state index contributed by atoms with van der Waals surface area (Å²) in [6, 6.07) is 13.7. The van der Waals surface area contributed by atoms with Gasteiger partial charge in [0.05, 0.1) is 24.0 Å². The van der Waals surface area contributed by atoms with Gasteiger partial charge in [-0.15, -0.1) is 0 Å². The maximum absolute atomic E-state index is 12.5. The summed E-state index contributed by atoms with van der Waals surface area (Å²) in [5.74, 6) is 1.03. The van der Waals surface area contributed by atoms with Crippen molar-refractivity contribution in [3.05, 3.63) is 60.6 Å². The zero-order chi connectivity index (χ0) is 16.3. The minimum Gasteiger partial charge on any atom is -0.493 e. The molecule has 1 heterocycles. The van der Waals surface area contributed by atoms with Gasteiger partial charge in [-0.1, -0.05) is 24.3 Å². The van der Waals surface area contributed by atoms with Crippen LogP contribution in [-0.4, -0.2) is 21.2 Å². The van der Waals surface area contributed by atoms with E-state index in [2.05, 4.69) is 4.40 Å². The predicted molar refractivity (Wildman–Crippen MR) is 88.6 cm³/mol. The van der Waals surface area contributed by atoms with Gasteiger partial charge in [-0.25, -0.2) is 0 Å². The van der Waals surface area contributed by atoms with Gasteiger partial charge in [0.1, 0.15) is 11.5 Å². The van der Waals surface area contributed by atoms with Crippen molar-refractivity contribution in [3.63, 3.8) is 0 Å². The lowest BCUT2D eigenvalue weighted by Gasteiger charge is -2.10. The lowest BCUT2D eigenvalue weighted by Crippen LogP contribution is -2.00. The Kier molecular flexibility index (Phi) is 4.16. The first kappa shape index (κ1) is 15.3. The molecule has 0 atom stereocenters. The molecule has 0 unspecified atom stereocenters. The number of furan rings is 1. The summed E-state index contributed by atoms with van der Waals surface area (Å²) in [5.41, 5.74) is 0. The number of nitrogens with zero attached hydrogens (tertiary/aromatic N) is 1. The lowest BCUT2D eigenvalue weighted by atomic mass is 10.1. The van der Waals surface area contributed by atoms with Crippen molar-refractivity contribution >= 4 is 27.0 Å². The smallest absolute Gasteiger partial charge is 0.283 e. The molecule has 0 aliphatic heterocycles. The van der Waals surface area contributed by atoms with Gasteiger partial charge in [0.25, 0.3) is 10.0 Å². The van der Waals surface area contributed by atoms with Crippen molar-refractivity contribution in [2.24, 2.45) is 4.40 Å². The number of hydrogen-bond acceptors (Lipinski definition) is 4. The molecule has 3 aromatic rings. The molecule has 0 radical (unpaired) electrons. The topological polar surface area (TPSA) is 68.9 Å². The third-order valence-corrected chi connectivity index (χ3v) is 4.58. The van der Waals surface area contributed by atoms with E-state index < -0.39 is 10.0 Å². The standard InChI is InChI=1S/C17H15NO4S/c1-2-21-16-9-10-17(15-8-4-3-7-14(15)16)23(19,20)18-12-13-6-5-11-22-13/h3-12H,2H2,1H3. The molecule has 3 rings (SSSR count). The molecule has 0 saturated carbocycles. The number of fused-ring (bicyclic) bond motifs is 1. The van der Waals surface area contributed by atoms with Crippen LogP contribution in [0.2, 0.25) is 0 Å². The zero-order valence-electron chi connectivity index (χ0n) is 12.5. The van der Waals surface area contributed by atoms with Crippen molar-refractivity contribution in [2.75, 3.05) is 6.61 Å². The van der Waals surface area contributed by atoms with Crippen LogP contribution in [0, 0.1) is 0 Å². The Morgan fingerprint density at radius 2 is 1.87 bits per heavy atom. The fraction of sp³-hybridized carbons (Fsp3) is 0.118. The van der Waals surface area contributed by atoms with Crippen LogP contribution in [0.25, 0.3) is 10.8 Å². The van der Waals surface area contributed by atoms with Crippen molar-refractivity contribution < 1.29 is 17.6 Å². The highest BCUT2D eigenvalue weighted by atomic mass is 32.2. The van der Waals surface area contributed by atoms with Gasteiger partial charge in [0.2, 0.25) is 0 Å². The summed E-state index contributed by atoms with van der Waals surface area (Å²) in [4.78, 5) is 0.138. The van der Waals surface area contributed by atoms with E-state index in [1.165, 1.54) is 18.5 Å². The van der Waals surface area contributed by atoms with Crippen molar-refractivity contribution in [1.82, 2.24) is 0 Å². The molecule has 5 nitrogen and oxygen atoms in total. The van der Waals surface area contributed by atoms with Gasteiger partial charge in [0.15, 0.2) is 0 Å². The highest BCUT2D eigenvalue weighted by Gasteiger charge is 2.17. The van der Waals surface area contributed by atoms with Crippen LogP contribution in [0.4, 0.5) is 0 Å². The van der Waals surface area contributed by atoms with Crippen molar-refractivity contribution in [2.45, 2.75) is 11.8 Å². The van der Waals surface area contributed by atoms with E-state index in [0.29, 0.717) is 23.5 Å². The molecule has 0 aliphatic carbocycles. The second kappa shape index (κ2) is 6.26. The number of sulfonamides is 1. The molecule has 1 aromatic heterocycles. The Hall–Kier alpha value is -2.60. The van der Waals surface area contributed by atoms with Crippen LogP contribution in [-0.2, 0) is 10.0 Å². The minimum atomic E-state index is -3.84. The molecule has 0 spiro atoms. The highest BCUT2D eigenvalue weighted by molar-refractivity contribution is 7.90. The van der Waals surface area contributed by atoms with Crippen LogP contribution < -0.4 is 4.74 Å². The molecule has 0 N–H and O–H groups in total. The molecular weight excluding hydrogens is 314 g/mol. The molecule has 23 heavy (non-hydrogen) atoms. The van der Waals surface area contributed by atoms with Gasteiger partial charge in [-0.3, -0.25) is 0 Å². The van der Waals surface area contributed by atoms with E-state index in [9.17, 15) is 8.42 Å². The molecular formula is C17H15NO4S. The lowest BCUT2D eigenvalue weighted by molar-refractivity contribution is 0.344. The van der Waals surface area contributed by atoms with E-state index in [4.69, 9.17) is 9.15 Å². The first-order valence-corrected chi connectivity index (χ1v) is 8.54. The van der Waals surface area contributed by atoms with Gasteiger partial charge in [-0.2, -0.15) is 12.8 Å². The number of rotatable bonds is 5. The first-order valence-electron chi connectivity index (χ1n) is 7.10. The Morgan fingerprint density at radius 1 is 1.09 bits per heavy atom. The van der Waals surface area contributed by atoms with Crippen LogP contribution >= 0.6 is 0 Å². The van der Waals surface area contributed by atoms with E-state index in [0.717, 1.165) is 5.39 Å². The average Bonchev–Trinajstić information content (AvgIpc) is 3.07. The molecule has 0 aliphatic rings. The first-order chi connectivity index (χ1) is 11.1. The van der Waals surface area contributed by atoms with E-state index in [1.807, 2.05) is 19.1 Å². The quantitative estimate of drug-likeness (QED) is 0.670. The Labute approximate surface area is 134 Å². The summed E-state index contributed by atoms with van der Waals surface area (Å²) in [7, 11) is -3.84. The monoisotopic (exact) mass is 329 g/mol. The normalized spacial score (nSPS) is 12.0. The maximum Gasteiger partial charge on any atom is 0.283 e. The largest absolute Gasteiger partial charge is 0.493 e. The number of benzene rings is 2. The highest BCUT2D eigenvalue weighted by Crippen LogP contribution is 2.31. The van der Waals surface area contributed by atoms with E-state index >= 15 is 0 Å². The Bertz CT molecular complexity index is 944. The summed E-state index contributed by atoms with van der Waals surface area (Å²) in [5, 5.41) is 1.32. The van der Waals surface area contributed by atoms with E-state index in [-0.39, 0.29) is 4.90 Å². The molecule has 0 saturated heterocycles. The summed E-state index contributed by atoms with van der Waals surface area (Å²) in [6.45, 7) is 2.39. The van der Waals surface area contributed by atoms with Crippen LogP contribution in [0.1, 0.15) is 12.7 Å². The molecule has 2 aromatic carbocycles. The van der Waals surface area contributed by atoms with Crippen molar-refractivity contribution in [3.8, 4) is 5.75 Å². The molecule has 0 amide bonds. The second-order valence-electron chi connectivity index (χ2n) is 4.77. The second-order valence-corrected chi connectivity index (χ2v) is 6.37. The van der Waals surface area contributed by atoms with Gasteiger partial charge < -0.3 is 9.15 Å². The maximum atomic E-state index is 12.5. The fourth-order valence-electron chi connectivity index (χ4n) is 2.29.